The third-order valence-corrected chi connectivity index (χ3v) is 2.89. The first-order valence-electron chi connectivity index (χ1n) is 5.28. The molecule has 1 atom stereocenters. The van der Waals surface area contributed by atoms with E-state index in [0.29, 0.717) is 12.6 Å². The number of carbonyl (C=O) groups excluding carboxylic acids is 1. The van der Waals surface area contributed by atoms with Crippen molar-refractivity contribution >= 4 is 5.91 Å². The Labute approximate surface area is 89.9 Å². The van der Waals surface area contributed by atoms with Crippen LogP contribution in [0.4, 0.5) is 0 Å². The first kappa shape index (κ1) is 10.2. The normalized spacial score (nSPS) is 16.0. The number of fused-ring (bicyclic) bond motifs is 1. The fraction of sp³-hybridized carbons (Fsp3) is 0.417. The van der Waals surface area contributed by atoms with E-state index in [9.17, 15) is 4.79 Å². The molecule has 1 aromatic rings. The van der Waals surface area contributed by atoms with Gasteiger partial charge in [-0.1, -0.05) is 12.1 Å². The summed E-state index contributed by atoms with van der Waals surface area (Å²) in [5, 5.41) is 6.02. The molecule has 15 heavy (non-hydrogen) atoms. The molecule has 3 nitrogen and oxygen atoms in total. The zero-order valence-electron chi connectivity index (χ0n) is 9.13. The molecule has 2 rings (SSSR count). The molecule has 0 fully saturated rings. The minimum atomic E-state index is 0.0592. The summed E-state index contributed by atoms with van der Waals surface area (Å²) in [5.41, 5.74) is 3.17. The second kappa shape index (κ2) is 4.03. The van der Waals surface area contributed by atoms with Crippen LogP contribution in [0.25, 0.3) is 0 Å². The summed E-state index contributed by atoms with van der Waals surface area (Å²) in [4.78, 5) is 11.4. The molecule has 0 saturated carbocycles. The van der Waals surface area contributed by atoms with Gasteiger partial charge < -0.3 is 10.6 Å². The zero-order valence-corrected chi connectivity index (χ0v) is 9.13. The fourth-order valence-electron chi connectivity index (χ4n) is 1.84. The van der Waals surface area contributed by atoms with Crippen LogP contribution in [0.2, 0.25) is 0 Å². The molecule has 80 valence electrons. The molecule has 1 amide bonds. The Kier molecular flexibility index (Phi) is 2.73. The lowest BCUT2D eigenvalue weighted by Crippen LogP contribution is -2.23. The number of hydrogen-bond acceptors (Lipinski definition) is 2. The van der Waals surface area contributed by atoms with Crippen LogP contribution in [0.3, 0.4) is 0 Å². The Hall–Kier alpha value is -1.35. The maximum atomic E-state index is 11.4. The second-order valence-electron chi connectivity index (χ2n) is 4.07. The van der Waals surface area contributed by atoms with Gasteiger partial charge in [0.05, 0.1) is 0 Å². The van der Waals surface area contributed by atoms with Crippen molar-refractivity contribution < 1.29 is 4.79 Å². The van der Waals surface area contributed by atoms with Gasteiger partial charge in [-0.05, 0) is 37.6 Å². The van der Waals surface area contributed by atoms with E-state index in [1.807, 2.05) is 19.2 Å². The topological polar surface area (TPSA) is 41.1 Å². The highest BCUT2D eigenvalue weighted by Crippen LogP contribution is 2.17. The molecule has 1 aromatic carbocycles. The lowest BCUT2D eigenvalue weighted by Gasteiger charge is -2.10. The summed E-state index contributed by atoms with van der Waals surface area (Å²) in [5.74, 6) is 0.0592. The maximum absolute atomic E-state index is 11.4. The summed E-state index contributed by atoms with van der Waals surface area (Å²) >= 11 is 0. The van der Waals surface area contributed by atoms with E-state index in [1.165, 1.54) is 5.56 Å². The van der Waals surface area contributed by atoms with E-state index in [-0.39, 0.29) is 5.91 Å². The zero-order chi connectivity index (χ0) is 10.8. The SMILES string of the molecule is CNC(C)Cc1ccc2c(c1)C(=O)NC2. The van der Waals surface area contributed by atoms with Gasteiger partial charge in [-0.15, -0.1) is 0 Å². The standard InChI is InChI=1S/C12H16N2O/c1-8(13-2)5-9-3-4-10-7-14-12(15)11(10)6-9/h3-4,6,8,13H,5,7H2,1-2H3,(H,14,15). The number of nitrogens with one attached hydrogen (secondary N) is 2. The monoisotopic (exact) mass is 204 g/mol. The van der Waals surface area contributed by atoms with Crippen LogP contribution >= 0.6 is 0 Å². The lowest BCUT2D eigenvalue weighted by molar-refractivity contribution is 0.0965. The molecule has 1 aliphatic heterocycles. The molecule has 0 aromatic heterocycles. The van der Waals surface area contributed by atoms with Crippen molar-refractivity contribution in [2.24, 2.45) is 0 Å². The van der Waals surface area contributed by atoms with Gasteiger partial charge in [0.1, 0.15) is 0 Å². The van der Waals surface area contributed by atoms with Gasteiger partial charge in [0.2, 0.25) is 0 Å². The lowest BCUT2D eigenvalue weighted by atomic mass is 10.0. The average molecular weight is 204 g/mol. The van der Waals surface area contributed by atoms with Crippen LogP contribution in [0, 0.1) is 0 Å². The van der Waals surface area contributed by atoms with Crippen molar-refractivity contribution in [2.45, 2.75) is 25.9 Å². The van der Waals surface area contributed by atoms with Crippen molar-refractivity contribution in [2.75, 3.05) is 7.05 Å². The van der Waals surface area contributed by atoms with Gasteiger partial charge >= 0.3 is 0 Å². The molecular weight excluding hydrogens is 188 g/mol. The van der Waals surface area contributed by atoms with Gasteiger partial charge in [-0.3, -0.25) is 4.79 Å². The highest BCUT2D eigenvalue weighted by Gasteiger charge is 2.18. The van der Waals surface area contributed by atoms with E-state index in [4.69, 9.17) is 0 Å². The van der Waals surface area contributed by atoms with Crippen molar-refractivity contribution in [1.82, 2.24) is 10.6 Å². The van der Waals surface area contributed by atoms with Gasteiger partial charge in [0.15, 0.2) is 0 Å². The molecular formula is C12H16N2O. The molecule has 0 aliphatic carbocycles. The highest BCUT2D eigenvalue weighted by molar-refractivity contribution is 5.98. The van der Waals surface area contributed by atoms with E-state index in [1.54, 1.807) is 0 Å². The Balaban J connectivity index is 2.22. The average Bonchev–Trinajstić information content (AvgIpc) is 2.60. The minimum Gasteiger partial charge on any atom is -0.348 e. The third-order valence-electron chi connectivity index (χ3n) is 2.89. The highest BCUT2D eigenvalue weighted by atomic mass is 16.1. The number of likely N-dealkylation sites (N-methyl/N-ethyl adjacent to an activating group) is 1. The number of amides is 1. The van der Waals surface area contributed by atoms with E-state index in [2.05, 4.69) is 23.6 Å². The van der Waals surface area contributed by atoms with Crippen LogP contribution in [0.1, 0.15) is 28.4 Å². The maximum Gasteiger partial charge on any atom is 0.251 e. The number of benzene rings is 1. The molecule has 3 heteroatoms. The molecule has 0 bridgehead atoms. The predicted molar refractivity (Wildman–Crippen MR) is 59.8 cm³/mol. The van der Waals surface area contributed by atoms with E-state index >= 15 is 0 Å². The summed E-state index contributed by atoms with van der Waals surface area (Å²) < 4.78 is 0. The first-order chi connectivity index (χ1) is 7.20. The van der Waals surface area contributed by atoms with Crippen molar-refractivity contribution in [3.05, 3.63) is 34.9 Å². The Morgan fingerprint density at radius 2 is 2.33 bits per heavy atom. The van der Waals surface area contributed by atoms with Gasteiger partial charge in [0.25, 0.3) is 5.91 Å². The van der Waals surface area contributed by atoms with Crippen molar-refractivity contribution in [3.63, 3.8) is 0 Å². The van der Waals surface area contributed by atoms with Gasteiger partial charge in [-0.25, -0.2) is 0 Å². The third kappa shape index (κ3) is 2.02. The van der Waals surface area contributed by atoms with Crippen molar-refractivity contribution in [1.29, 1.82) is 0 Å². The summed E-state index contributed by atoms with van der Waals surface area (Å²) in [6.45, 7) is 2.81. The first-order valence-corrected chi connectivity index (χ1v) is 5.28. The predicted octanol–water partition coefficient (Wildman–Crippen LogP) is 1.08. The van der Waals surface area contributed by atoms with Crippen LogP contribution in [-0.2, 0) is 13.0 Å². The van der Waals surface area contributed by atoms with Crippen LogP contribution in [-0.4, -0.2) is 19.0 Å². The largest absolute Gasteiger partial charge is 0.348 e. The fourth-order valence-corrected chi connectivity index (χ4v) is 1.84. The molecule has 2 N–H and O–H groups in total. The Morgan fingerprint density at radius 1 is 1.53 bits per heavy atom. The smallest absolute Gasteiger partial charge is 0.251 e. The van der Waals surface area contributed by atoms with E-state index < -0.39 is 0 Å². The van der Waals surface area contributed by atoms with Gasteiger partial charge in [-0.2, -0.15) is 0 Å². The number of carbonyl (C=O) groups is 1. The molecule has 0 radical (unpaired) electrons. The Morgan fingerprint density at radius 3 is 3.07 bits per heavy atom. The van der Waals surface area contributed by atoms with Crippen LogP contribution in [0.15, 0.2) is 18.2 Å². The summed E-state index contributed by atoms with van der Waals surface area (Å²) in [7, 11) is 1.95. The summed E-state index contributed by atoms with van der Waals surface area (Å²) in [6, 6.07) is 6.59. The molecule has 0 saturated heterocycles. The second-order valence-corrected chi connectivity index (χ2v) is 4.07. The number of rotatable bonds is 3. The number of hydrogen-bond donors (Lipinski definition) is 2. The van der Waals surface area contributed by atoms with Crippen LogP contribution in [0.5, 0.6) is 0 Å². The Bertz CT molecular complexity index is 387. The summed E-state index contributed by atoms with van der Waals surface area (Å²) in [6.07, 6.45) is 0.955. The van der Waals surface area contributed by atoms with Crippen molar-refractivity contribution in [3.8, 4) is 0 Å². The molecule has 1 unspecified atom stereocenters. The minimum absolute atomic E-state index is 0.0592. The molecule has 1 heterocycles. The van der Waals surface area contributed by atoms with E-state index in [0.717, 1.165) is 17.5 Å². The quantitative estimate of drug-likeness (QED) is 0.773. The molecule has 1 aliphatic rings. The van der Waals surface area contributed by atoms with Crippen LogP contribution < -0.4 is 10.6 Å². The molecule has 0 spiro atoms. The van der Waals surface area contributed by atoms with Gasteiger partial charge in [0, 0.05) is 18.2 Å².